The van der Waals surface area contributed by atoms with Crippen LogP contribution in [0, 0.1) is 11.3 Å². The number of nitriles is 1. The second-order valence-electron chi connectivity index (χ2n) is 5.06. The second-order valence-corrected chi connectivity index (χ2v) is 5.06. The van der Waals surface area contributed by atoms with Crippen LogP contribution in [0.3, 0.4) is 0 Å². The Kier molecular flexibility index (Phi) is 5.30. The van der Waals surface area contributed by atoms with Crippen molar-refractivity contribution in [2.24, 2.45) is 5.73 Å². The number of nitrogens with two attached hydrogens (primary N) is 1. The molecule has 2 unspecified atom stereocenters. The highest BCUT2D eigenvalue weighted by Crippen LogP contribution is 2.12. The molecule has 1 aliphatic heterocycles. The Balaban J connectivity index is 1.79. The van der Waals surface area contributed by atoms with Crippen LogP contribution in [-0.4, -0.2) is 29.4 Å². The Bertz CT molecular complexity index is 571. The molecule has 0 aliphatic carbocycles. The van der Waals surface area contributed by atoms with Crippen LogP contribution >= 0.6 is 0 Å². The zero-order valence-corrected chi connectivity index (χ0v) is 11.9. The van der Waals surface area contributed by atoms with Crippen LogP contribution in [-0.2, 0) is 4.79 Å². The molecule has 2 rings (SSSR count). The van der Waals surface area contributed by atoms with Crippen molar-refractivity contribution in [1.29, 1.82) is 5.26 Å². The van der Waals surface area contributed by atoms with Gasteiger partial charge in [-0.2, -0.15) is 5.26 Å². The van der Waals surface area contributed by atoms with E-state index in [1.807, 2.05) is 48.6 Å². The first-order chi connectivity index (χ1) is 10.2. The van der Waals surface area contributed by atoms with Crippen LogP contribution in [0.1, 0.15) is 18.4 Å². The van der Waals surface area contributed by atoms with Crippen molar-refractivity contribution >= 4 is 12.0 Å². The molecule has 4 nitrogen and oxygen atoms in total. The molecule has 1 aliphatic rings. The summed E-state index contributed by atoms with van der Waals surface area (Å²) in [6.45, 7) is 0.504. The molecule has 0 spiro atoms. The molecule has 0 saturated carbocycles. The van der Waals surface area contributed by atoms with Crippen LogP contribution in [0.5, 0.6) is 0 Å². The average Bonchev–Trinajstić information content (AvgIpc) is 2.97. The van der Waals surface area contributed by atoms with E-state index in [0.29, 0.717) is 13.0 Å². The van der Waals surface area contributed by atoms with E-state index in [2.05, 4.69) is 6.07 Å². The topological polar surface area (TPSA) is 70.1 Å². The fourth-order valence-corrected chi connectivity index (χ4v) is 2.26. The van der Waals surface area contributed by atoms with Gasteiger partial charge in [-0.1, -0.05) is 48.6 Å². The van der Waals surface area contributed by atoms with Gasteiger partial charge >= 0.3 is 0 Å². The zero-order valence-electron chi connectivity index (χ0n) is 11.9. The minimum absolute atomic E-state index is 0.0628. The third-order valence-electron chi connectivity index (χ3n) is 3.39. The third-order valence-corrected chi connectivity index (χ3v) is 3.39. The first kappa shape index (κ1) is 15.0. The number of hydrogen-bond donors (Lipinski definition) is 1. The minimum Gasteiger partial charge on any atom is -0.327 e. The molecule has 0 fully saturated rings. The molecule has 4 heteroatoms. The van der Waals surface area contributed by atoms with Gasteiger partial charge in [0.2, 0.25) is 5.91 Å². The summed E-state index contributed by atoms with van der Waals surface area (Å²) in [4.78, 5) is 13.6. The van der Waals surface area contributed by atoms with E-state index in [1.54, 1.807) is 11.0 Å². The van der Waals surface area contributed by atoms with Crippen LogP contribution in [0.25, 0.3) is 6.08 Å². The lowest BCUT2D eigenvalue weighted by Gasteiger charge is -2.21. The van der Waals surface area contributed by atoms with Crippen LogP contribution in [0.15, 0.2) is 48.6 Å². The van der Waals surface area contributed by atoms with Gasteiger partial charge in [-0.15, -0.1) is 0 Å². The van der Waals surface area contributed by atoms with E-state index >= 15 is 0 Å². The molecule has 108 valence electrons. The summed E-state index contributed by atoms with van der Waals surface area (Å²) in [5.41, 5.74) is 7.11. The maximum atomic E-state index is 12.1. The Morgan fingerprint density at radius 2 is 2.24 bits per heavy atom. The predicted octanol–water partition coefficient (Wildman–Crippen LogP) is 2.10. The van der Waals surface area contributed by atoms with Crippen molar-refractivity contribution in [3.63, 3.8) is 0 Å². The van der Waals surface area contributed by atoms with Gasteiger partial charge in [0.05, 0.1) is 6.07 Å². The molecule has 1 aromatic carbocycles. The summed E-state index contributed by atoms with van der Waals surface area (Å²) in [6.07, 6.45) is 8.47. The van der Waals surface area contributed by atoms with Gasteiger partial charge in [0.15, 0.2) is 0 Å². The van der Waals surface area contributed by atoms with Crippen molar-refractivity contribution in [3.05, 3.63) is 54.1 Å². The number of carbonyl (C=O) groups excluding carboxylic acids is 1. The van der Waals surface area contributed by atoms with Crippen molar-refractivity contribution in [3.8, 4) is 6.07 Å². The van der Waals surface area contributed by atoms with Gasteiger partial charge in [-0.05, 0) is 18.1 Å². The highest BCUT2D eigenvalue weighted by atomic mass is 16.2. The molecule has 2 N–H and O–H groups in total. The number of hydrogen-bond acceptors (Lipinski definition) is 3. The summed E-state index contributed by atoms with van der Waals surface area (Å²) in [7, 11) is 0. The third kappa shape index (κ3) is 4.30. The fraction of sp³-hybridized carbons (Fsp3) is 0.294. The number of rotatable bonds is 5. The summed E-state index contributed by atoms with van der Waals surface area (Å²) in [5.74, 6) is -0.0628. The van der Waals surface area contributed by atoms with Gasteiger partial charge in [0, 0.05) is 19.0 Å². The molecule has 0 radical (unpaired) electrons. The smallest absolute Gasteiger partial charge is 0.225 e. The predicted molar refractivity (Wildman–Crippen MR) is 82.9 cm³/mol. The zero-order chi connectivity index (χ0) is 15.1. The molecule has 2 atom stereocenters. The first-order valence-corrected chi connectivity index (χ1v) is 7.03. The van der Waals surface area contributed by atoms with Crippen LogP contribution < -0.4 is 5.73 Å². The molecule has 1 amide bonds. The highest BCUT2D eigenvalue weighted by Gasteiger charge is 2.25. The monoisotopic (exact) mass is 281 g/mol. The first-order valence-electron chi connectivity index (χ1n) is 7.03. The lowest BCUT2D eigenvalue weighted by Crippen LogP contribution is -2.38. The van der Waals surface area contributed by atoms with Gasteiger partial charge in [0.25, 0.3) is 0 Å². The van der Waals surface area contributed by atoms with E-state index in [1.165, 1.54) is 0 Å². The van der Waals surface area contributed by atoms with E-state index in [4.69, 9.17) is 11.0 Å². The Labute approximate surface area is 125 Å². The molecule has 1 heterocycles. The highest BCUT2D eigenvalue weighted by molar-refractivity contribution is 5.78. The number of amides is 1. The second kappa shape index (κ2) is 7.41. The normalized spacial score (nSPS) is 18.9. The van der Waals surface area contributed by atoms with Crippen molar-refractivity contribution in [2.45, 2.75) is 24.9 Å². The SMILES string of the molecule is N#CC1C=CCN1C(=O)CC(N)CC=Cc1ccccc1. The van der Waals surface area contributed by atoms with E-state index in [-0.39, 0.29) is 18.4 Å². The number of carbonyl (C=O) groups is 1. The fourth-order valence-electron chi connectivity index (χ4n) is 2.26. The molecule has 0 bridgehead atoms. The minimum atomic E-state index is -0.440. The van der Waals surface area contributed by atoms with Gasteiger partial charge in [0.1, 0.15) is 6.04 Å². The molecule has 1 aromatic rings. The average molecular weight is 281 g/mol. The summed E-state index contributed by atoms with van der Waals surface area (Å²) in [6, 6.07) is 11.4. The summed E-state index contributed by atoms with van der Waals surface area (Å²) >= 11 is 0. The Hall–Kier alpha value is -2.38. The van der Waals surface area contributed by atoms with Gasteiger partial charge < -0.3 is 10.6 Å². The quantitative estimate of drug-likeness (QED) is 0.840. The largest absolute Gasteiger partial charge is 0.327 e. The van der Waals surface area contributed by atoms with Crippen molar-refractivity contribution in [2.75, 3.05) is 6.54 Å². The summed E-state index contributed by atoms with van der Waals surface area (Å²) in [5, 5.41) is 8.95. The lowest BCUT2D eigenvalue weighted by molar-refractivity contribution is -0.131. The Morgan fingerprint density at radius 1 is 1.48 bits per heavy atom. The maximum Gasteiger partial charge on any atom is 0.225 e. The molecular formula is C17H19N3O. The van der Waals surface area contributed by atoms with Crippen molar-refractivity contribution < 1.29 is 4.79 Å². The van der Waals surface area contributed by atoms with E-state index < -0.39 is 6.04 Å². The summed E-state index contributed by atoms with van der Waals surface area (Å²) < 4.78 is 0. The van der Waals surface area contributed by atoms with Crippen molar-refractivity contribution in [1.82, 2.24) is 4.90 Å². The lowest BCUT2D eigenvalue weighted by atomic mass is 10.1. The van der Waals surface area contributed by atoms with Gasteiger partial charge in [-0.25, -0.2) is 0 Å². The number of nitrogens with zero attached hydrogens (tertiary/aromatic N) is 2. The molecular weight excluding hydrogens is 262 g/mol. The molecule has 21 heavy (non-hydrogen) atoms. The standard InChI is InChI=1S/C17H19N3O/c18-13-16-10-5-11-20(16)17(21)12-15(19)9-4-8-14-6-2-1-3-7-14/h1-8,10,15-16H,9,11-12,19H2. The Morgan fingerprint density at radius 3 is 2.95 bits per heavy atom. The van der Waals surface area contributed by atoms with Gasteiger partial charge in [-0.3, -0.25) is 4.79 Å². The molecule has 0 saturated heterocycles. The maximum absolute atomic E-state index is 12.1. The van der Waals surface area contributed by atoms with Crippen LogP contribution in [0.2, 0.25) is 0 Å². The molecule has 0 aromatic heterocycles. The van der Waals surface area contributed by atoms with Crippen LogP contribution in [0.4, 0.5) is 0 Å². The van der Waals surface area contributed by atoms with E-state index in [9.17, 15) is 4.79 Å². The van der Waals surface area contributed by atoms with E-state index in [0.717, 1.165) is 5.56 Å². The number of benzene rings is 1.